The van der Waals surface area contributed by atoms with Gasteiger partial charge in [0.25, 0.3) is 0 Å². The topological polar surface area (TPSA) is 28.6 Å². The molecule has 7 heteroatoms. The zero-order valence-electron chi connectivity index (χ0n) is 16.2. The minimum Gasteiger partial charge on any atom is -0.485 e. The molecule has 2 unspecified atom stereocenters. The average molecular weight is 447 g/mol. The van der Waals surface area contributed by atoms with E-state index < -0.39 is 0 Å². The molecule has 0 bridgehead atoms. The van der Waals surface area contributed by atoms with Crippen LogP contribution in [0.3, 0.4) is 0 Å². The summed E-state index contributed by atoms with van der Waals surface area (Å²) < 4.78 is 6.02. The lowest BCUT2D eigenvalue weighted by Gasteiger charge is -2.42. The van der Waals surface area contributed by atoms with Crippen molar-refractivity contribution in [1.29, 1.82) is 0 Å². The number of nitrogens with zero attached hydrogens (tertiary/aromatic N) is 3. The Hall–Kier alpha value is -1.20. The fraction of sp³-hybridized carbons (Fsp3) is 0.476. The molecule has 0 saturated carbocycles. The summed E-state index contributed by atoms with van der Waals surface area (Å²) in [6, 6.07) is 15.2. The molecule has 4 nitrogen and oxygen atoms in total. The fourth-order valence-electron chi connectivity index (χ4n) is 4.03. The van der Waals surface area contributed by atoms with Gasteiger partial charge in [-0.1, -0.05) is 36.8 Å². The number of ether oxygens (including phenoxy) is 1. The minimum atomic E-state index is 0. The van der Waals surface area contributed by atoms with E-state index in [1.165, 1.54) is 37.9 Å². The summed E-state index contributed by atoms with van der Waals surface area (Å²) in [7, 11) is 0. The maximum Gasteiger partial charge on any atom is 0.172 e. The van der Waals surface area contributed by atoms with Crippen LogP contribution in [0.25, 0.3) is 0 Å². The van der Waals surface area contributed by atoms with Crippen LogP contribution >= 0.6 is 37.2 Å². The Morgan fingerprint density at radius 1 is 1.00 bits per heavy atom. The molecular formula is C21H30Cl3N3O. The number of hydrogen-bond donors (Lipinski definition) is 0. The van der Waals surface area contributed by atoms with Gasteiger partial charge in [0, 0.05) is 12.7 Å². The lowest BCUT2D eigenvalue weighted by molar-refractivity contribution is 0.184. The van der Waals surface area contributed by atoms with Crippen LogP contribution in [-0.4, -0.2) is 42.2 Å². The van der Waals surface area contributed by atoms with Crippen LogP contribution in [0.15, 0.2) is 48.7 Å². The Labute approximate surface area is 186 Å². The molecule has 2 aromatic rings. The Kier molecular flexibility index (Phi) is 10.4. The van der Waals surface area contributed by atoms with Gasteiger partial charge < -0.3 is 14.5 Å². The van der Waals surface area contributed by atoms with E-state index in [0.717, 1.165) is 24.7 Å². The fourth-order valence-corrected chi connectivity index (χ4v) is 4.03. The molecule has 0 spiro atoms. The van der Waals surface area contributed by atoms with Crippen molar-refractivity contribution in [3.05, 3.63) is 54.2 Å². The SMILES string of the molecule is CC1CN(C(CN2CCCCC2)c2ccccc2)c2ncccc2O1.Cl.Cl.Cl. The summed E-state index contributed by atoms with van der Waals surface area (Å²) in [4.78, 5) is 9.72. The van der Waals surface area contributed by atoms with Crippen molar-refractivity contribution < 1.29 is 4.74 Å². The standard InChI is InChI=1S/C21H27N3O.3ClH/c1-17-15-24(21-20(25-17)11-8-12-22-21)19(18-9-4-2-5-10-18)16-23-13-6-3-7-14-23;;;/h2,4-5,8-12,17,19H,3,6-7,13-16H2,1H3;3*1H. The zero-order chi connectivity index (χ0) is 17.1. The Morgan fingerprint density at radius 2 is 1.71 bits per heavy atom. The van der Waals surface area contributed by atoms with Crippen LogP contribution in [0.5, 0.6) is 5.75 Å². The number of fused-ring (bicyclic) bond motifs is 1. The van der Waals surface area contributed by atoms with Crippen LogP contribution < -0.4 is 9.64 Å². The monoisotopic (exact) mass is 445 g/mol. The molecule has 1 aromatic carbocycles. The van der Waals surface area contributed by atoms with Gasteiger partial charge in [-0.3, -0.25) is 0 Å². The number of pyridine rings is 1. The lowest BCUT2D eigenvalue weighted by Crippen LogP contribution is -2.46. The van der Waals surface area contributed by atoms with Crippen molar-refractivity contribution in [2.45, 2.75) is 38.3 Å². The quantitative estimate of drug-likeness (QED) is 0.648. The molecule has 28 heavy (non-hydrogen) atoms. The van der Waals surface area contributed by atoms with Gasteiger partial charge in [-0.2, -0.15) is 0 Å². The largest absolute Gasteiger partial charge is 0.485 e. The molecular weight excluding hydrogens is 417 g/mol. The summed E-state index contributed by atoms with van der Waals surface area (Å²) in [5.74, 6) is 1.88. The highest BCUT2D eigenvalue weighted by Gasteiger charge is 2.31. The molecule has 156 valence electrons. The summed E-state index contributed by atoms with van der Waals surface area (Å²) in [6.45, 7) is 6.48. The van der Waals surface area contributed by atoms with E-state index in [1.807, 2.05) is 18.3 Å². The number of aromatic nitrogens is 1. The van der Waals surface area contributed by atoms with Gasteiger partial charge in [-0.15, -0.1) is 37.2 Å². The highest BCUT2D eigenvalue weighted by atomic mass is 35.5. The highest BCUT2D eigenvalue weighted by molar-refractivity contribution is 5.86. The first-order valence-electron chi connectivity index (χ1n) is 9.47. The van der Waals surface area contributed by atoms with Gasteiger partial charge >= 0.3 is 0 Å². The van der Waals surface area contributed by atoms with Crippen molar-refractivity contribution in [3.63, 3.8) is 0 Å². The van der Waals surface area contributed by atoms with Gasteiger partial charge in [0.1, 0.15) is 6.10 Å². The van der Waals surface area contributed by atoms with Gasteiger partial charge in [-0.05, 0) is 50.6 Å². The average Bonchev–Trinajstić information content (AvgIpc) is 2.67. The lowest BCUT2D eigenvalue weighted by atomic mass is 10.0. The minimum absolute atomic E-state index is 0. The van der Waals surface area contributed by atoms with E-state index in [2.05, 4.69) is 52.0 Å². The van der Waals surface area contributed by atoms with Crippen molar-refractivity contribution in [1.82, 2.24) is 9.88 Å². The van der Waals surface area contributed by atoms with E-state index in [9.17, 15) is 0 Å². The van der Waals surface area contributed by atoms with Crippen LogP contribution in [0.4, 0.5) is 5.82 Å². The van der Waals surface area contributed by atoms with Crippen LogP contribution in [-0.2, 0) is 0 Å². The maximum atomic E-state index is 6.02. The number of rotatable bonds is 4. The van der Waals surface area contributed by atoms with Crippen molar-refractivity contribution in [2.24, 2.45) is 0 Å². The first kappa shape index (κ1) is 24.8. The van der Waals surface area contributed by atoms with E-state index in [4.69, 9.17) is 4.74 Å². The van der Waals surface area contributed by atoms with E-state index >= 15 is 0 Å². The van der Waals surface area contributed by atoms with E-state index in [1.54, 1.807) is 0 Å². The number of benzene rings is 1. The Morgan fingerprint density at radius 3 is 2.43 bits per heavy atom. The molecule has 0 aliphatic carbocycles. The predicted molar refractivity (Wildman–Crippen MR) is 123 cm³/mol. The first-order chi connectivity index (χ1) is 12.3. The smallest absolute Gasteiger partial charge is 0.172 e. The molecule has 0 N–H and O–H groups in total. The van der Waals surface area contributed by atoms with Gasteiger partial charge in [0.05, 0.1) is 12.6 Å². The molecule has 2 aliphatic heterocycles. The molecule has 3 heterocycles. The highest BCUT2D eigenvalue weighted by Crippen LogP contribution is 2.37. The maximum absolute atomic E-state index is 6.02. The molecule has 1 saturated heterocycles. The molecule has 0 radical (unpaired) electrons. The van der Waals surface area contributed by atoms with Crippen LogP contribution in [0, 0.1) is 0 Å². The summed E-state index contributed by atoms with van der Waals surface area (Å²) in [6.07, 6.45) is 6.04. The summed E-state index contributed by atoms with van der Waals surface area (Å²) in [5, 5.41) is 0. The molecule has 1 fully saturated rings. The number of piperidine rings is 1. The Bertz CT molecular complexity index is 698. The zero-order valence-corrected chi connectivity index (χ0v) is 18.6. The third-order valence-corrected chi connectivity index (χ3v) is 5.25. The first-order valence-corrected chi connectivity index (χ1v) is 9.47. The van der Waals surface area contributed by atoms with Crippen molar-refractivity contribution in [2.75, 3.05) is 31.1 Å². The van der Waals surface area contributed by atoms with E-state index in [0.29, 0.717) is 6.04 Å². The number of hydrogen-bond acceptors (Lipinski definition) is 4. The summed E-state index contributed by atoms with van der Waals surface area (Å²) >= 11 is 0. The second-order valence-corrected chi connectivity index (χ2v) is 7.19. The second kappa shape index (κ2) is 11.7. The third-order valence-electron chi connectivity index (χ3n) is 5.25. The van der Waals surface area contributed by atoms with Crippen LogP contribution in [0.1, 0.15) is 37.8 Å². The number of halogens is 3. The predicted octanol–water partition coefficient (Wildman–Crippen LogP) is 5.16. The number of likely N-dealkylation sites (tertiary alicyclic amines) is 1. The van der Waals surface area contributed by atoms with Gasteiger partial charge in [-0.25, -0.2) is 4.98 Å². The molecule has 0 amide bonds. The van der Waals surface area contributed by atoms with Crippen LogP contribution in [0.2, 0.25) is 0 Å². The molecule has 2 atom stereocenters. The van der Waals surface area contributed by atoms with Gasteiger partial charge in [0.2, 0.25) is 0 Å². The molecule has 2 aliphatic rings. The van der Waals surface area contributed by atoms with Crippen molar-refractivity contribution in [3.8, 4) is 5.75 Å². The Balaban J connectivity index is 0.00000131. The molecule has 4 rings (SSSR count). The third kappa shape index (κ3) is 5.66. The molecule has 1 aromatic heterocycles. The number of anilines is 1. The van der Waals surface area contributed by atoms with Gasteiger partial charge in [0.15, 0.2) is 11.6 Å². The second-order valence-electron chi connectivity index (χ2n) is 7.19. The normalized spacial score (nSPS) is 19.8. The summed E-state index contributed by atoms with van der Waals surface area (Å²) in [5.41, 5.74) is 1.36. The van der Waals surface area contributed by atoms with E-state index in [-0.39, 0.29) is 43.3 Å². The van der Waals surface area contributed by atoms with Crippen molar-refractivity contribution >= 4 is 43.0 Å².